The van der Waals surface area contributed by atoms with Crippen LogP contribution in [0.3, 0.4) is 0 Å². The largest absolute Gasteiger partial charge is 0.392 e. The highest BCUT2D eigenvalue weighted by Crippen LogP contribution is 2.48. The molecule has 0 unspecified atom stereocenters. The van der Waals surface area contributed by atoms with Crippen molar-refractivity contribution in [3.05, 3.63) is 70.3 Å². The van der Waals surface area contributed by atoms with E-state index in [1.807, 2.05) is 45.2 Å². The van der Waals surface area contributed by atoms with E-state index in [0.717, 1.165) is 0 Å². The number of ketones is 2. The third-order valence-electron chi connectivity index (χ3n) is 6.48. The van der Waals surface area contributed by atoms with E-state index >= 15 is 0 Å². The number of fused-ring (bicyclic) bond motifs is 3. The van der Waals surface area contributed by atoms with Crippen LogP contribution in [0.5, 0.6) is 5.75 Å². The van der Waals surface area contributed by atoms with Crippen LogP contribution in [0.2, 0.25) is 0 Å². The van der Waals surface area contributed by atoms with Crippen molar-refractivity contribution in [1.82, 2.24) is 15.2 Å². The van der Waals surface area contributed by atoms with Gasteiger partial charge in [-0.05, 0) is 23.4 Å². The summed E-state index contributed by atoms with van der Waals surface area (Å²) in [5, 5.41) is 18.6. The number of carbonyl (C=O) groups excluding carboxylic acids is 2. The van der Waals surface area contributed by atoms with Crippen molar-refractivity contribution in [3.63, 3.8) is 0 Å². The van der Waals surface area contributed by atoms with Crippen molar-refractivity contribution in [3.8, 4) is 5.75 Å². The molecule has 0 saturated carbocycles. The summed E-state index contributed by atoms with van der Waals surface area (Å²) >= 11 is 0. The summed E-state index contributed by atoms with van der Waals surface area (Å²) < 4.78 is 0. The summed E-state index contributed by atoms with van der Waals surface area (Å²) in [4.78, 5) is 41.2. The molecule has 10 heteroatoms. The minimum Gasteiger partial charge on any atom is -0.392 e. The average molecular weight is 501 g/mol. The maximum Gasteiger partial charge on any atom is 0.200 e. The van der Waals surface area contributed by atoms with Crippen molar-refractivity contribution < 1.29 is 19.5 Å². The normalized spacial score (nSPS) is 12.4. The SMILES string of the molecule is CN(C)c1c(CO)c(N(C)C)c(N(C)C)c2c1C(=O)c1cccc(On3nnc4ccccc43)c1C2=O. The highest BCUT2D eigenvalue weighted by molar-refractivity contribution is 6.34. The van der Waals surface area contributed by atoms with E-state index in [1.165, 1.54) is 4.85 Å². The number of anilines is 3. The van der Waals surface area contributed by atoms with Crippen molar-refractivity contribution >= 4 is 39.7 Å². The van der Waals surface area contributed by atoms with E-state index in [0.29, 0.717) is 33.7 Å². The Morgan fingerprint density at radius 2 is 1.43 bits per heavy atom. The van der Waals surface area contributed by atoms with Crippen LogP contribution >= 0.6 is 0 Å². The molecule has 0 aliphatic heterocycles. The Kier molecular flexibility index (Phi) is 5.83. The van der Waals surface area contributed by atoms with Gasteiger partial charge in [-0.15, -0.1) is 5.10 Å². The first-order valence-electron chi connectivity index (χ1n) is 11.7. The minimum atomic E-state index is -0.344. The number of rotatable bonds is 6. The van der Waals surface area contributed by atoms with Gasteiger partial charge in [-0.25, -0.2) is 0 Å². The Bertz CT molecular complexity index is 1570. The topological polar surface area (TPSA) is 104 Å². The monoisotopic (exact) mass is 500 g/mol. The Morgan fingerprint density at radius 1 is 0.784 bits per heavy atom. The molecule has 0 saturated heterocycles. The Balaban J connectivity index is 1.80. The van der Waals surface area contributed by atoms with Gasteiger partial charge in [0.05, 0.1) is 40.4 Å². The number of nitrogens with zero attached hydrogens (tertiary/aromatic N) is 6. The molecule has 0 bridgehead atoms. The molecule has 1 heterocycles. The second-order valence-electron chi connectivity index (χ2n) is 9.50. The maximum atomic E-state index is 14.3. The van der Waals surface area contributed by atoms with Crippen LogP contribution in [-0.2, 0) is 6.61 Å². The van der Waals surface area contributed by atoms with Gasteiger partial charge in [0.1, 0.15) is 11.0 Å². The minimum absolute atomic E-state index is 0.161. The standard InChI is InChI=1S/C27H28N6O4/c1-30(2)23-16(14-34)24(31(3)4)25(32(5)6)22-21(23)26(35)15-10-9-13-19(20(15)27(22)36)37-33-18-12-8-7-11-17(18)28-29-33/h7-13,34H,14H2,1-6H3. The highest BCUT2D eigenvalue weighted by atomic mass is 16.7. The molecule has 0 spiro atoms. The van der Waals surface area contributed by atoms with Crippen LogP contribution in [0.15, 0.2) is 42.5 Å². The van der Waals surface area contributed by atoms with Crippen molar-refractivity contribution in [1.29, 1.82) is 0 Å². The van der Waals surface area contributed by atoms with Crippen molar-refractivity contribution in [2.75, 3.05) is 57.0 Å². The molecule has 0 radical (unpaired) electrons. The van der Waals surface area contributed by atoms with E-state index in [2.05, 4.69) is 10.3 Å². The summed E-state index contributed by atoms with van der Waals surface area (Å²) in [6, 6.07) is 12.2. The van der Waals surface area contributed by atoms with Gasteiger partial charge in [-0.2, -0.15) is 0 Å². The zero-order chi connectivity index (χ0) is 26.6. The number of benzene rings is 3. The van der Waals surface area contributed by atoms with Gasteiger partial charge in [0.2, 0.25) is 5.78 Å². The molecule has 1 N–H and O–H groups in total. The summed E-state index contributed by atoms with van der Waals surface area (Å²) in [7, 11) is 10.9. The second-order valence-corrected chi connectivity index (χ2v) is 9.50. The smallest absolute Gasteiger partial charge is 0.200 e. The number of aromatic nitrogens is 3. The first kappa shape index (κ1) is 24.3. The zero-order valence-electron chi connectivity index (χ0n) is 21.6. The van der Waals surface area contributed by atoms with Gasteiger partial charge in [-0.1, -0.05) is 29.1 Å². The molecule has 4 aromatic rings. The number of aliphatic hydroxyl groups excluding tert-OH is 1. The van der Waals surface area contributed by atoms with Crippen LogP contribution in [0.4, 0.5) is 17.1 Å². The molecule has 3 aromatic carbocycles. The van der Waals surface area contributed by atoms with Gasteiger partial charge in [-0.3, -0.25) is 9.59 Å². The number of hydrogen-bond acceptors (Lipinski definition) is 9. The lowest BCUT2D eigenvalue weighted by atomic mass is 9.79. The summed E-state index contributed by atoms with van der Waals surface area (Å²) in [5.74, 6) is -0.458. The molecule has 5 rings (SSSR count). The highest BCUT2D eigenvalue weighted by Gasteiger charge is 2.40. The number of hydrogen-bond donors (Lipinski definition) is 1. The van der Waals surface area contributed by atoms with E-state index < -0.39 is 0 Å². The molecular weight excluding hydrogens is 472 g/mol. The van der Waals surface area contributed by atoms with Crippen molar-refractivity contribution in [2.45, 2.75) is 6.61 Å². The van der Waals surface area contributed by atoms with E-state index in [1.54, 1.807) is 54.2 Å². The fourth-order valence-corrected chi connectivity index (χ4v) is 5.06. The van der Waals surface area contributed by atoms with Gasteiger partial charge in [0, 0.05) is 53.4 Å². The Hall–Kier alpha value is -4.44. The predicted molar refractivity (Wildman–Crippen MR) is 142 cm³/mol. The first-order chi connectivity index (χ1) is 17.7. The quantitative estimate of drug-likeness (QED) is 0.377. The summed E-state index contributed by atoms with van der Waals surface area (Å²) in [6.45, 7) is -0.300. The van der Waals surface area contributed by atoms with Crippen LogP contribution in [0.1, 0.15) is 37.4 Å². The first-order valence-corrected chi connectivity index (χ1v) is 11.7. The van der Waals surface area contributed by atoms with E-state index in [4.69, 9.17) is 4.84 Å². The molecule has 37 heavy (non-hydrogen) atoms. The van der Waals surface area contributed by atoms with Gasteiger partial charge >= 0.3 is 0 Å². The lowest BCUT2D eigenvalue weighted by molar-refractivity contribution is 0.0971. The van der Waals surface area contributed by atoms with Crippen LogP contribution in [0, 0.1) is 0 Å². The van der Waals surface area contributed by atoms with Crippen LogP contribution in [0.25, 0.3) is 11.0 Å². The lowest BCUT2D eigenvalue weighted by Crippen LogP contribution is -2.31. The molecule has 1 aromatic heterocycles. The zero-order valence-corrected chi connectivity index (χ0v) is 21.6. The molecule has 190 valence electrons. The van der Waals surface area contributed by atoms with E-state index in [9.17, 15) is 14.7 Å². The van der Waals surface area contributed by atoms with Gasteiger partial charge < -0.3 is 24.6 Å². The van der Waals surface area contributed by atoms with Gasteiger partial charge in [0.25, 0.3) is 0 Å². The van der Waals surface area contributed by atoms with Crippen LogP contribution < -0.4 is 19.5 Å². The fourth-order valence-electron chi connectivity index (χ4n) is 5.06. The Morgan fingerprint density at radius 3 is 2.08 bits per heavy atom. The molecule has 10 nitrogen and oxygen atoms in total. The summed E-state index contributed by atoms with van der Waals surface area (Å²) in [6.07, 6.45) is 0. The lowest BCUT2D eigenvalue weighted by Gasteiger charge is -2.35. The van der Waals surface area contributed by atoms with Crippen molar-refractivity contribution in [2.24, 2.45) is 0 Å². The molecular formula is C27H28N6O4. The third-order valence-corrected chi connectivity index (χ3v) is 6.48. The summed E-state index contributed by atoms with van der Waals surface area (Å²) in [5.41, 5.74) is 4.50. The molecule has 1 aliphatic rings. The number of carbonyl (C=O) groups is 2. The molecule has 1 aliphatic carbocycles. The van der Waals surface area contributed by atoms with Crippen LogP contribution in [-0.4, -0.2) is 74.1 Å². The maximum absolute atomic E-state index is 14.3. The molecule has 0 fully saturated rings. The average Bonchev–Trinajstić information content (AvgIpc) is 3.27. The second kappa shape index (κ2) is 8.90. The third kappa shape index (κ3) is 3.60. The fraction of sp³-hybridized carbons (Fsp3) is 0.259. The number of para-hydroxylation sites is 1. The van der Waals surface area contributed by atoms with Gasteiger partial charge in [0.15, 0.2) is 11.5 Å². The number of aliphatic hydroxyl groups is 1. The predicted octanol–water partition coefficient (Wildman–Crippen LogP) is 2.74. The molecule has 0 amide bonds. The molecule has 0 atom stereocenters. The van der Waals surface area contributed by atoms with E-state index in [-0.39, 0.29) is 46.2 Å². The Labute approximate surface area is 214 Å².